The van der Waals surface area contributed by atoms with Crippen molar-refractivity contribution >= 4 is 40.2 Å². The van der Waals surface area contributed by atoms with Crippen molar-refractivity contribution in [3.63, 3.8) is 0 Å². The van der Waals surface area contributed by atoms with E-state index in [4.69, 9.17) is 27.9 Å². The molecule has 0 spiro atoms. The van der Waals surface area contributed by atoms with E-state index < -0.39 is 23.0 Å². The lowest BCUT2D eigenvalue weighted by Crippen LogP contribution is -2.40. The van der Waals surface area contributed by atoms with Crippen molar-refractivity contribution < 1.29 is 13.7 Å². The summed E-state index contributed by atoms with van der Waals surface area (Å²) in [7, 11) is -1.59. The quantitative estimate of drug-likeness (QED) is 0.333. The third kappa shape index (κ3) is 5.13. The van der Waals surface area contributed by atoms with E-state index in [1.807, 2.05) is 84.0 Å². The van der Waals surface area contributed by atoms with Gasteiger partial charge in [0.15, 0.2) is 0 Å². The van der Waals surface area contributed by atoms with E-state index in [1.165, 1.54) is 0 Å². The molecule has 4 rings (SSSR count). The summed E-state index contributed by atoms with van der Waals surface area (Å²) in [5, 5.41) is 1.16. The summed E-state index contributed by atoms with van der Waals surface area (Å²) < 4.78 is 21.6. The van der Waals surface area contributed by atoms with Crippen LogP contribution < -0.4 is 0 Å². The first-order valence-corrected chi connectivity index (χ1v) is 12.9. The maximum absolute atomic E-state index is 14.3. The smallest absolute Gasteiger partial charge is 0.335 e. The number of benzene rings is 3. The maximum Gasteiger partial charge on any atom is 0.335 e. The molecule has 34 heavy (non-hydrogen) atoms. The molecule has 176 valence electrons. The molecule has 1 aliphatic heterocycles. The predicted molar refractivity (Wildman–Crippen MR) is 137 cm³/mol. The second-order valence-electron chi connectivity index (χ2n) is 8.02. The van der Waals surface area contributed by atoms with Gasteiger partial charge in [0.25, 0.3) is 0 Å². The van der Waals surface area contributed by atoms with Crippen LogP contribution in [-0.2, 0) is 20.5 Å². The number of carbonyl (C=O) groups is 1. The molecule has 0 aliphatic carbocycles. The van der Waals surface area contributed by atoms with Crippen molar-refractivity contribution in [2.45, 2.75) is 37.2 Å². The summed E-state index contributed by atoms with van der Waals surface area (Å²) in [5.74, 6) is -0.422. The molecule has 1 heterocycles. The van der Waals surface area contributed by atoms with Gasteiger partial charge in [-0.2, -0.15) is 0 Å². The molecule has 0 bridgehead atoms. The van der Waals surface area contributed by atoms with Crippen LogP contribution >= 0.6 is 23.2 Å². The SMILES string of the molecule is CCOC(=O)C1=CCC(c2ccc(Cl)cc2)N(S(=O)c2ccccc2C)C1c1cccc(Cl)c1. The summed E-state index contributed by atoms with van der Waals surface area (Å²) in [6, 6.07) is 21.6. The van der Waals surface area contributed by atoms with Crippen LogP contribution in [0.25, 0.3) is 0 Å². The third-order valence-electron chi connectivity index (χ3n) is 5.82. The Morgan fingerprint density at radius 2 is 1.74 bits per heavy atom. The predicted octanol–water partition coefficient (Wildman–Crippen LogP) is 7.00. The van der Waals surface area contributed by atoms with Crippen LogP contribution in [0.3, 0.4) is 0 Å². The zero-order valence-corrected chi connectivity index (χ0v) is 21.2. The van der Waals surface area contributed by atoms with Crippen molar-refractivity contribution in [2.75, 3.05) is 6.61 Å². The molecule has 3 aromatic carbocycles. The second-order valence-corrected chi connectivity index (χ2v) is 10.2. The molecule has 1 aliphatic rings. The van der Waals surface area contributed by atoms with Gasteiger partial charge in [-0.1, -0.05) is 71.7 Å². The van der Waals surface area contributed by atoms with Crippen molar-refractivity contribution in [1.82, 2.24) is 4.31 Å². The van der Waals surface area contributed by atoms with Crippen molar-refractivity contribution in [1.29, 1.82) is 0 Å². The lowest BCUT2D eigenvalue weighted by Gasteiger charge is -2.41. The van der Waals surface area contributed by atoms with Crippen molar-refractivity contribution in [3.8, 4) is 0 Å². The molecule has 3 aromatic rings. The van der Waals surface area contributed by atoms with E-state index in [0.29, 0.717) is 26.9 Å². The van der Waals surface area contributed by atoms with Crippen LogP contribution in [0.1, 0.15) is 42.1 Å². The van der Waals surface area contributed by atoms with Gasteiger partial charge in [-0.15, -0.1) is 0 Å². The van der Waals surface area contributed by atoms with Gasteiger partial charge in [-0.05, 0) is 67.3 Å². The number of ether oxygens (including phenoxy) is 1. The van der Waals surface area contributed by atoms with E-state index in [1.54, 1.807) is 13.0 Å². The van der Waals surface area contributed by atoms with Crippen LogP contribution in [0.15, 0.2) is 89.3 Å². The molecule has 3 atom stereocenters. The fraction of sp³-hybridized carbons (Fsp3) is 0.222. The molecule has 3 unspecified atom stereocenters. The van der Waals surface area contributed by atoms with Gasteiger partial charge >= 0.3 is 5.97 Å². The number of esters is 1. The normalized spacial score (nSPS) is 19.4. The minimum atomic E-state index is -1.59. The van der Waals surface area contributed by atoms with E-state index >= 15 is 0 Å². The lowest BCUT2D eigenvalue weighted by molar-refractivity contribution is -0.139. The highest BCUT2D eigenvalue weighted by atomic mass is 35.5. The highest BCUT2D eigenvalue weighted by Gasteiger charge is 2.41. The lowest BCUT2D eigenvalue weighted by atomic mass is 9.89. The molecule has 0 saturated carbocycles. The summed E-state index contributed by atoms with van der Waals surface area (Å²) in [4.78, 5) is 13.8. The Kier molecular flexibility index (Phi) is 7.89. The monoisotopic (exact) mass is 513 g/mol. The highest BCUT2D eigenvalue weighted by Crippen LogP contribution is 2.45. The molecule has 4 nitrogen and oxygen atoms in total. The van der Waals surface area contributed by atoms with Gasteiger partial charge in [0.1, 0.15) is 11.0 Å². The molecule has 7 heteroatoms. The van der Waals surface area contributed by atoms with Crippen LogP contribution in [0.4, 0.5) is 0 Å². The number of hydrogen-bond acceptors (Lipinski definition) is 3. The topological polar surface area (TPSA) is 46.6 Å². The average molecular weight is 514 g/mol. The number of aryl methyl sites for hydroxylation is 1. The molecule has 0 fully saturated rings. The minimum absolute atomic E-state index is 0.250. The Labute approximate surface area is 212 Å². The van der Waals surface area contributed by atoms with Gasteiger partial charge < -0.3 is 4.74 Å². The molecule has 0 saturated heterocycles. The van der Waals surface area contributed by atoms with Gasteiger partial charge in [0, 0.05) is 10.0 Å². The first-order chi connectivity index (χ1) is 16.4. The van der Waals surface area contributed by atoms with Crippen molar-refractivity contribution in [3.05, 3.63) is 111 Å². The van der Waals surface area contributed by atoms with E-state index in [9.17, 15) is 9.00 Å². The molecule has 0 N–H and O–H groups in total. The Morgan fingerprint density at radius 3 is 2.41 bits per heavy atom. The third-order valence-corrected chi connectivity index (χ3v) is 7.99. The Hall–Kier alpha value is -2.44. The first-order valence-electron chi connectivity index (χ1n) is 11.0. The molecule has 0 aromatic heterocycles. The number of carbonyl (C=O) groups excluding carboxylic acids is 1. The summed E-state index contributed by atoms with van der Waals surface area (Å²) in [6.07, 6.45) is 2.39. The second kappa shape index (κ2) is 10.9. The summed E-state index contributed by atoms with van der Waals surface area (Å²) >= 11 is 12.5. The van der Waals surface area contributed by atoms with Gasteiger partial charge in [-0.3, -0.25) is 0 Å². The standard InChI is InChI=1S/C27H25Cl2NO3S/c1-3-33-27(31)23-15-16-24(19-11-13-21(28)14-12-19)30(26(23)20-8-6-9-22(29)17-20)34(32)25-10-5-4-7-18(25)2/h4-15,17,24,26H,3,16H2,1-2H3. The zero-order valence-electron chi connectivity index (χ0n) is 18.9. The van der Waals surface area contributed by atoms with E-state index in [2.05, 4.69) is 0 Å². The average Bonchev–Trinajstić information content (AvgIpc) is 2.83. The van der Waals surface area contributed by atoms with Gasteiger partial charge in [0.05, 0.1) is 29.2 Å². The molecular weight excluding hydrogens is 489 g/mol. The van der Waals surface area contributed by atoms with Crippen LogP contribution in [-0.4, -0.2) is 21.1 Å². The largest absolute Gasteiger partial charge is 0.463 e. The van der Waals surface area contributed by atoms with Crippen LogP contribution in [0.2, 0.25) is 10.0 Å². The number of hydrogen-bond donors (Lipinski definition) is 0. The Balaban J connectivity index is 1.93. The first kappa shape index (κ1) is 24.7. The number of halogens is 2. The van der Waals surface area contributed by atoms with Gasteiger partial charge in [-0.25, -0.2) is 13.3 Å². The van der Waals surface area contributed by atoms with Crippen molar-refractivity contribution in [2.24, 2.45) is 0 Å². The Bertz CT molecular complexity index is 1240. The fourth-order valence-electron chi connectivity index (χ4n) is 4.23. The number of rotatable bonds is 6. The number of nitrogens with zero attached hydrogens (tertiary/aromatic N) is 1. The maximum atomic E-state index is 14.3. The molecular formula is C27H25Cl2NO3S. The summed E-state index contributed by atoms with van der Waals surface area (Å²) in [5.41, 5.74) is 3.09. The fourth-order valence-corrected chi connectivity index (χ4v) is 6.18. The van der Waals surface area contributed by atoms with E-state index in [0.717, 1.165) is 16.7 Å². The minimum Gasteiger partial charge on any atom is -0.463 e. The van der Waals surface area contributed by atoms with Crippen LogP contribution in [0.5, 0.6) is 0 Å². The van der Waals surface area contributed by atoms with E-state index in [-0.39, 0.29) is 12.6 Å². The molecule has 0 amide bonds. The Morgan fingerprint density at radius 1 is 1.00 bits per heavy atom. The summed E-state index contributed by atoms with van der Waals surface area (Å²) in [6.45, 7) is 3.96. The van der Waals surface area contributed by atoms with Gasteiger partial charge in [0.2, 0.25) is 0 Å². The zero-order chi connectivity index (χ0) is 24.2. The highest BCUT2D eigenvalue weighted by molar-refractivity contribution is 7.82. The van der Waals surface area contributed by atoms with Crippen LogP contribution in [0, 0.1) is 6.92 Å². The molecule has 0 radical (unpaired) electrons.